The van der Waals surface area contributed by atoms with Crippen molar-refractivity contribution in [1.82, 2.24) is 4.57 Å². The van der Waals surface area contributed by atoms with Crippen LogP contribution in [-0.2, 0) is 18.3 Å². The fourth-order valence-corrected chi connectivity index (χ4v) is 3.33. The summed E-state index contributed by atoms with van der Waals surface area (Å²) in [5.74, 6) is -0.862. The second-order valence-electron chi connectivity index (χ2n) is 4.26. The number of benzene rings is 1. The average molecular weight is 331 g/mol. The minimum absolute atomic E-state index is 0.0232. The first-order valence-electron chi connectivity index (χ1n) is 5.74. The van der Waals surface area contributed by atoms with E-state index in [0.29, 0.717) is 20.5 Å². The lowest BCUT2D eigenvalue weighted by atomic mass is 10.3. The summed E-state index contributed by atoms with van der Waals surface area (Å²) in [7, 11) is 1.80. The Labute approximate surface area is 129 Å². The van der Waals surface area contributed by atoms with E-state index in [1.807, 2.05) is 6.92 Å². The van der Waals surface area contributed by atoms with E-state index in [1.165, 1.54) is 11.3 Å². The van der Waals surface area contributed by atoms with Crippen LogP contribution in [-0.4, -0.2) is 15.6 Å². The molecule has 20 heavy (non-hydrogen) atoms. The third kappa shape index (κ3) is 3.42. The zero-order valence-corrected chi connectivity index (χ0v) is 13.2. The molecule has 0 atom stereocenters. The van der Waals surface area contributed by atoms with E-state index in [2.05, 4.69) is 4.99 Å². The van der Waals surface area contributed by atoms with E-state index < -0.39 is 5.97 Å². The first kappa shape index (κ1) is 15.1. The van der Waals surface area contributed by atoms with Gasteiger partial charge >= 0.3 is 5.97 Å². The SMILES string of the molecule is Cc1s/c(=N/c2cc(Cl)cc(Cl)c2)n(C)c1CC(=O)O. The van der Waals surface area contributed by atoms with Crippen LogP contribution in [0.5, 0.6) is 0 Å². The van der Waals surface area contributed by atoms with Gasteiger partial charge in [-0.1, -0.05) is 23.2 Å². The molecular formula is C13H12Cl2N2O2S. The van der Waals surface area contributed by atoms with Crippen molar-refractivity contribution in [2.75, 3.05) is 0 Å². The van der Waals surface area contributed by atoms with Crippen LogP contribution in [0.25, 0.3) is 0 Å². The zero-order chi connectivity index (χ0) is 14.9. The average Bonchev–Trinajstić information content (AvgIpc) is 2.55. The highest BCUT2D eigenvalue weighted by atomic mass is 35.5. The number of carboxylic acids is 1. The molecular weight excluding hydrogens is 319 g/mol. The van der Waals surface area contributed by atoms with Crippen molar-refractivity contribution in [2.24, 2.45) is 12.0 Å². The number of nitrogens with zero attached hydrogens (tertiary/aromatic N) is 2. The number of rotatable bonds is 3. The maximum atomic E-state index is 10.9. The summed E-state index contributed by atoms with van der Waals surface area (Å²) in [6, 6.07) is 5.05. The van der Waals surface area contributed by atoms with E-state index in [4.69, 9.17) is 28.3 Å². The minimum atomic E-state index is -0.862. The highest BCUT2D eigenvalue weighted by molar-refractivity contribution is 7.09. The zero-order valence-electron chi connectivity index (χ0n) is 10.9. The summed E-state index contributed by atoms with van der Waals surface area (Å²) in [5.41, 5.74) is 1.38. The number of carboxylic acid groups (broad SMARTS) is 1. The standard InChI is InChI=1S/C13H12Cl2N2O2S/c1-7-11(6-12(18)19)17(2)13(20-7)16-10-4-8(14)3-9(15)5-10/h3-5H,6H2,1-2H3,(H,18,19)/b16-13+. The molecule has 1 N–H and O–H groups in total. The van der Waals surface area contributed by atoms with Crippen molar-refractivity contribution in [3.63, 3.8) is 0 Å². The lowest BCUT2D eigenvalue weighted by molar-refractivity contribution is -0.136. The van der Waals surface area contributed by atoms with Crippen LogP contribution in [0, 0.1) is 6.92 Å². The molecule has 0 saturated carbocycles. The Hall–Kier alpha value is -1.30. The number of hydrogen-bond donors (Lipinski definition) is 1. The van der Waals surface area contributed by atoms with Gasteiger partial charge in [0.25, 0.3) is 0 Å². The molecule has 0 aliphatic heterocycles. The Balaban J connectivity index is 2.52. The fraction of sp³-hybridized carbons (Fsp3) is 0.231. The van der Waals surface area contributed by atoms with E-state index in [9.17, 15) is 4.79 Å². The molecule has 106 valence electrons. The normalized spacial score (nSPS) is 11.9. The lowest BCUT2D eigenvalue weighted by Crippen LogP contribution is -2.15. The van der Waals surface area contributed by atoms with Crippen molar-refractivity contribution in [3.05, 3.63) is 43.6 Å². The monoisotopic (exact) mass is 330 g/mol. The quantitative estimate of drug-likeness (QED) is 0.935. The molecule has 0 aliphatic rings. The van der Waals surface area contributed by atoms with Gasteiger partial charge in [0.05, 0.1) is 12.1 Å². The molecule has 2 rings (SSSR count). The molecule has 0 bridgehead atoms. The Kier molecular flexibility index (Phi) is 4.52. The summed E-state index contributed by atoms with van der Waals surface area (Å²) in [6.45, 7) is 1.88. The van der Waals surface area contributed by atoms with Gasteiger partial charge in [0.2, 0.25) is 0 Å². The van der Waals surface area contributed by atoms with Crippen molar-refractivity contribution < 1.29 is 9.90 Å². The highest BCUT2D eigenvalue weighted by Crippen LogP contribution is 2.24. The van der Waals surface area contributed by atoms with E-state index >= 15 is 0 Å². The summed E-state index contributed by atoms with van der Waals surface area (Å²) in [5, 5.41) is 9.94. The van der Waals surface area contributed by atoms with Crippen molar-refractivity contribution in [1.29, 1.82) is 0 Å². The minimum Gasteiger partial charge on any atom is -0.481 e. The number of thiazole rings is 1. The molecule has 0 spiro atoms. The third-order valence-corrected chi connectivity index (χ3v) is 4.26. The molecule has 0 radical (unpaired) electrons. The molecule has 7 heteroatoms. The first-order valence-corrected chi connectivity index (χ1v) is 7.32. The molecule has 1 heterocycles. The van der Waals surface area contributed by atoms with Crippen molar-refractivity contribution in [2.45, 2.75) is 13.3 Å². The Bertz CT molecular complexity index is 714. The number of carbonyl (C=O) groups is 1. The Morgan fingerprint density at radius 3 is 2.50 bits per heavy atom. The summed E-state index contributed by atoms with van der Waals surface area (Å²) in [6.07, 6.45) is -0.0232. The van der Waals surface area contributed by atoms with Crippen LogP contribution in [0.1, 0.15) is 10.6 Å². The molecule has 0 saturated heterocycles. The summed E-state index contributed by atoms with van der Waals surface area (Å²) < 4.78 is 1.78. The van der Waals surface area contributed by atoms with Gasteiger partial charge < -0.3 is 9.67 Å². The number of aryl methyl sites for hydroxylation is 1. The number of aliphatic carboxylic acids is 1. The van der Waals surface area contributed by atoms with Gasteiger partial charge in [-0.05, 0) is 25.1 Å². The number of halogens is 2. The maximum absolute atomic E-state index is 10.9. The number of hydrogen-bond acceptors (Lipinski definition) is 3. The van der Waals surface area contributed by atoms with Gasteiger partial charge in [-0.25, -0.2) is 4.99 Å². The van der Waals surface area contributed by atoms with E-state index in [0.717, 1.165) is 10.6 Å². The summed E-state index contributed by atoms with van der Waals surface area (Å²) in [4.78, 5) is 17.0. The second-order valence-corrected chi connectivity index (χ2v) is 6.31. The molecule has 0 unspecified atom stereocenters. The van der Waals surface area contributed by atoms with Gasteiger partial charge in [-0.15, -0.1) is 11.3 Å². The van der Waals surface area contributed by atoms with Crippen LogP contribution in [0.15, 0.2) is 23.2 Å². The van der Waals surface area contributed by atoms with Crippen LogP contribution < -0.4 is 4.80 Å². The van der Waals surface area contributed by atoms with Gasteiger partial charge in [0.15, 0.2) is 4.80 Å². The van der Waals surface area contributed by atoms with Gasteiger partial charge in [0, 0.05) is 27.7 Å². The largest absolute Gasteiger partial charge is 0.481 e. The van der Waals surface area contributed by atoms with E-state index in [1.54, 1.807) is 29.8 Å². The number of aromatic nitrogens is 1. The molecule has 2 aromatic rings. The highest BCUT2D eigenvalue weighted by Gasteiger charge is 2.11. The van der Waals surface area contributed by atoms with Gasteiger partial charge in [0.1, 0.15) is 0 Å². The Morgan fingerprint density at radius 1 is 1.35 bits per heavy atom. The van der Waals surface area contributed by atoms with Crippen molar-refractivity contribution >= 4 is 46.2 Å². The molecule has 1 aromatic heterocycles. The summed E-state index contributed by atoms with van der Waals surface area (Å²) >= 11 is 13.3. The fourth-order valence-electron chi connectivity index (χ4n) is 1.81. The van der Waals surface area contributed by atoms with Crippen LogP contribution in [0.4, 0.5) is 5.69 Å². The molecule has 0 amide bonds. The molecule has 0 aliphatic carbocycles. The van der Waals surface area contributed by atoms with Gasteiger partial charge in [-0.2, -0.15) is 0 Å². The maximum Gasteiger partial charge on any atom is 0.309 e. The van der Waals surface area contributed by atoms with Gasteiger partial charge in [-0.3, -0.25) is 4.79 Å². The smallest absolute Gasteiger partial charge is 0.309 e. The topological polar surface area (TPSA) is 54.6 Å². The lowest BCUT2D eigenvalue weighted by Gasteiger charge is -2.01. The van der Waals surface area contributed by atoms with Crippen LogP contribution in [0.3, 0.4) is 0 Å². The predicted molar refractivity (Wildman–Crippen MR) is 81.1 cm³/mol. The third-order valence-electron chi connectivity index (χ3n) is 2.73. The second kappa shape index (κ2) is 5.99. The first-order chi connectivity index (χ1) is 9.36. The predicted octanol–water partition coefficient (Wildman–Crippen LogP) is 3.56. The van der Waals surface area contributed by atoms with Crippen molar-refractivity contribution in [3.8, 4) is 0 Å². The Morgan fingerprint density at radius 2 is 1.95 bits per heavy atom. The molecule has 4 nitrogen and oxygen atoms in total. The van der Waals surface area contributed by atoms with Crippen LogP contribution in [0.2, 0.25) is 10.0 Å². The van der Waals surface area contributed by atoms with Crippen LogP contribution >= 0.6 is 34.5 Å². The molecule has 1 aromatic carbocycles. The molecule has 0 fully saturated rings. The van der Waals surface area contributed by atoms with E-state index in [-0.39, 0.29) is 6.42 Å².